The van der Waals surface area contributed by atoms with E-state index in [9.17, 15) is 0 Å². The fraction of sp³-hybridized carbons (Fsp3) is 0.909. The first-order chi connectivity index (χ1) is 7.11. The minimum atomic E-state index is 0.285. The highest BCUT2D eigenvalue weighted by molar-refractivity contribution is 5.76. The molecule has 1 aliphatic rings. The second-order valence-electron chi connectivity index (χ2n) is 4.45. The van der Waals surface area contributed by atoms with Gasteiger partial charge in [0.05, 0.1) is 5.84 Å². The largest absolute Gasteiger partial charge is 0.388 e. The van der Waals surface area contributed by atoms with Gasteiger partial charge in [-0.15, -0.1) is 0 Å². The van der Waals surface area contributed by atoms with Gasteiger partial charge in [-0.3, -0.25) is 10.3 Å². The minimum Gasteiger partial charge on any atom is -0.388 e. The maximum atomic E-state index is 7.27. The van der Waals surface area contributed by atoms with Gasteiger partial charge in [0.2, 0.25) is 0 Å². The van der Waals surface area contributed by atoms with E-state index in [-0.39, 0.29) is 5.84 Å². The Kier molecular flexibility index (Phi) is 5.05. The Bertz CT molecular complexity index is 200. The molecule has 15 heavy (non-hydrogen) atoms. The Morgan fingerprint density at radius 1 is 1.47 bits per heavy atom. The van der Waals surface area contributed by atoms with Gasteiger partial charge in [0.25, 0.3) is 0 Å². The van der Waals surface area contributed by atoms with Crippen LogP contribution in [0.5, 0.6) is 0 Å². The number of hydrogen-bond acceptors (Lipinski definition) is 3. The van der Waals surface area contributed by atoms with Gasteiger partial charge in [0.1, 0.15) is 0 Å². The summed E-state index contributed by atoms with van der Waals surface area (Å²) in [4.78, 5) is 2.45. The summed E-state index contributed by atoms with van der Waals surface area (Å²) >= 11 is 0. The van der Waals surface area contributed by atoms with Crippen molar-refractivity contribution in [2.45, 2.75) is 45.2 Å². The van der Waals surface area contributed by atoms with Crippen molar-refractivity contribution in [2.75, 3.05) is 19.8 Å². The van der Waals surface area contributed by atoms with Crippen LogP contribution in [0, 0.1) is 5.41 Å². The third-order valence-corrected chi connectivity index (χ3v) is 2.96. The zero-order chi connectivity index (χ0) is 11.3. The molecule has 4 nitrogen and oxygen atoms in total. The molecule has 0 radical (unpaired) electrons. The molecule has 0 aromatic carbocycles. The predicted octanol–water partition coefficient (Wildman–Crippen LogP) is 1.20. The first-order valence-electron chi connectivity index (χ1n) is 5.77. The zero-order valence-electron chi connectivity index (χ0n) is 9.83. The van der Waals surface area contributed by atoms with Gasteiger partial charge >= 0.3 is 0 Å². The third-order valence-electron chi connectivity index (χ3n) is 2.96. The summed E-state index contributed by atoms with van der Waals surface area (Å²) in [7, 11) is 0. The van der Waals surface area contributed by atoms with Crippen molar-refractivity contribution in [1.29, 1.82) is 5.41 Å². The van der Waals surface area contributed by atoms with E-state index >= 15 is 0 Å². The van der Waals surface area contributed by atoms with Crippen LogP contribution < -0.4 is 5.73 Å². The molecule has 1 heterocycles. The molecule has 0 aromatic heterocycles. The van der Waals surface area contributed by atoms with E-state index in [0.717, 1.165) is 32.6 Å². The van der Waals surface area contributed by atoms with Gasteiger partial charge in [-0.2, -0.15) is 0 Å². The molecule has 1 fully saturated rings. The van der Waals surface area contributed by atoms with Crippen molar-refractivity contribution < 1.29 is 4.74 Å². The molecule has 0 aromatic rings. The Hall–Kier alpha value is -0.610. The van der Waals surface area contributed by atoms with Crippen LogP contribution in [0.1, 0.15) is 33.1 Å². The van der Waals surface area contributed by atoms with Crippen LogP contribution in [0.25, 0.3) is 0 Å². The lowest BCUT2D eigenvalue weighted by Crippen LogP contribution is -2.44. The summed E-state index contributed by atoms with van der Waals surface area (Å²) in [6.45, 7) is 7.05. The number of amidine groups is 1. The molecule has 1 aliphatic heterocycles. The topological polar surface area (TPSA) is 62.3 Å². The van der Waals surface area contributed by atoms with Gasteiger partial charge in [-0.1, -0.05) is 0 Å². The summed E-state index contributed by atoms with van der Waals surface area (Å²) in [5.41, 5.74) is 5.40. The average molecular weight is 213 g/mol. The number of hydrogen-bond donors (Lipinski definition) is 2. The number of nitrogens with one attached hydrogen (secondary N) is 1. The molecule has 0 bridgehead atoms. The van der Waals surface area contributed by atoms with Crippen LogP contribution in [0.4, 0.5) is 0 Å². The lowest BCUT2D eigenvalue weighted by molar-refractivity contribution is 0.0236. The molecule has 3 N–H and O–H groups in total. The number of nitrogens with zero attached hydrogens (tertiary/aromatic N) is 1. The van der Waals surface area contributed by atoms with E-state index in [1.165, 1.54) is 0 Å². The van der Waals surface area contributed by atoms with Crippen molar-refractivity contribution >= 4 is 5.84 Å². The molecule has 0 aliphatic carbocycles. The van der Waals surface area contributed by atoms with Crippen molar-refractivity contribution in [1.82, 2.24) is 4.90 Å². The van der Waals surface area contributed by atoms with Crippen molar-refractivity contribution in [2.24, 2.45) is 5.73 Å². The Morgan fingerprint density at radius 3 is 2.53 bits per heavy atom. The molecule has 88 valence electrons. The monoisotopic (exact) mass is 213 g/mol. The summed E-state index contributed by atoms with van der Waals surface area (Å²) in [6, 6.07) is 1.13. The van der Waals surface area contributed by atoms with Crippen LogP contribution in [0.15, 0.2) is 0 Å². The minimum absolute atomic E-state index is 0.285. The van der Waals surface area contributed by atoms with E-state index in [4.69, 9.17) is 15.9 Å². The molecule has 0 spiro atoms. The fourth-order valence-corrected chi connectivity index (χ4v) is 2.13. The fourth-order valence-electron chi connectivity index (χ4n) is 2.13. The lowest BCUT2D eigenvalue weighted by Gasteiger charge is -2.37. The molecule has 0 amide bonds. The summed E-state index contributed by atoms with van der Waals surface area (Å²) < 4.78 is 5.36. The maximum absolute atomic E-state index is 7.27. The highest BCUT2D eigenvalue weighted by Crippen LogP contribution is 2.17. The SMILES string of the molecule is CC(C)N(CCC(=N)N)C1CCOCC1. The van der Waals surface area contributed by atoms with Gasteiger partial charge in [0.15, 0.2) is 0 Å². The standard InChI is InChI=1S/C11H23N3O/c1-9(2)14(6-3-11(12)13)10-4-7-15-8-5-10/h9-10H,3-8H2,1-2H3,(H3,12,13). The molecular formula is C11H23N3O. The van der Waals surface area contributed by atoms with Crippen LogP contribution in [0.2, 0.25) is 0 Å². The smallest absolute Gasteiger partial charge is 0.0918 e. The zero-order valence-corrected chi connectivity index (χ0v) is 9.83. The molecule has 0 unspecified atom stereocenters. The molecule has 4 heteroatoms. The van der Waals surface area contributed by atoms with Crippen molar-refractivity contribution in [3.8, 4) is 0 Å². The Morgan fingerprint density at radius 2 is 2.07 bits per heavy atom. The van der Waals surface area contributed by atoms with E-state index in [1.54, 1.807) is 0 Å². The van der Waals surface area contributed by atoms with Crippen molar-refractivity contribution in [3.63, 3.8) is 0 Å². The van der Waals surface area contributed by atoms with Crippen LogP contribution in [-0.2, 0) is 4.74 Å². The molecule has 0 saturated carbocycles. The van der Waals surface area contributed by atoms with Gasteiger partial charge < -0.3 is 10.5 Å². The van der Waals surface area contributed by atoms with Crippen molar-refractivity contribution in [3.05, 3.63) is 0 Å². The quantitative estimate of drug-likeness (QED) is 0.533. The summed E-state index contributed by atoms with van der Waals surface area (Å²) in [5.74, 6) is 0.285. The summed E-state index contributed by atoms with van der Waals surface area (Å²) in [5, 5.41) is 7.27. The molecule has 0 atom stereocenters. The second kappa shape index (κ2) is 6.08. The number of nitrogens with two attached hydrogens (primary N) is 1. The van der Waals surface area contributed by atoms with Crippen LogP contribution in [-0.4, -0.2) is 42.6 Å². The van der Waals surface area contributed by atoms with Crippen LogP contribution in [0.3, 0.4) is 0 Å². The highest BCUT2D eigenvalue weighted by Gasteiger charge is 2.23. The maximum Gasteiger partial charge on any atom is 0.0918 e. The highest BCUT2D eigenvalue weighted by atomic mass is 16.5. The van der Waals surface area contributed by atoms with Crippen LogP contribution >= 0.6 is 0 Å². The molecule has 1 rings (SSSR count). The lowest BCUT2D eigenvalue weighted by atomic mass is 10.0. The molecule has 1 saturated heterocycles. The Labute approximate surface area is 92.3 Å². The predicted molar refractivity (Wildman–Crippen MR) is 62.2 cm³/mol. The molecular weight excluding hydrogens is 190 g/mol. The van der Waals surface area contributed by atoms with E-state index in [2.05, 4.69) is 18.7 Å². The average Bonchev–Trinajstić information content (AvgIpc) is 2.18. The van der Waals surface area contributed by atoms with E-state index < -0.39 is 0 Å². The summed E-state index contributed by atoms with van der Waals surface area (Å²) in [6.07, 6.45) is 2.89. The van der Waals surface area contributed by atoms with Gasteiger partial charge in [-0.25, -0.2) is 0 Å². The normalized spacial score (nSPS) is 18.7. The van der Waals surface area contributed by atoms with E-state index in [0.29, 0.717) is 18.5 Å². The number of rotatable bonds is 5. The second-order valence-corrected chi connectivity index (χ2v) is 4.45. The third kappa shape index (κ3) is 4.18. The van der Waals surface area contributed by atoms with Gasteiger partial charge in [0, 0.05) is 38.3 Å². The van der Waals surface area contributed by atoms with E-state index in [1.807, 2.05) is 0 Å². The van der Waals surface area contributed by atoms with Gasteiger partial charge in [-0.05, 0) is 26.7 Å². The first-order valence-corrected chi connectivity index (χ1v) is 5.77. The first kappa shape index (κ1) is 12.5. The Balaban J connectivity index is 2.44. The number of ether oxygens (including phenoxy) is 1.